The number of aromatic nitrogens is 4. The standard InChI is InChI=1S/C11H16N6O/c1-8-4-12-10(14-8)7-16(2)11(18)15-9-5-13-17(3)6-9/h4-6H,7H2,1-3H3,(H,12,14)(H,15,18). The van der Waals surface area contributed by atoms with Gasteiger partial charge in [-0.05, 0) is 6.92 Å². The van der Waals surface area contributed by atoms with E-state index in [2.05, 4.69) is 20.4 Å². The van der Waals surface area contributed by atoms with Crippen LogP contribution in [0.25, 0.3) is 0 Å². The summed E-state index contributed by atoms with van der Waals surface area (Å²) in [6.45, 7) is 2.35. The number of nitrogens with one attached hydrogen (secondary N) is 2. The first-order chi connectivity index (χ1) is 8.54. The van der Waals surface area contributed by atoms with Crippen molar-refractivity contribution in [2.24, 2.45) is 7.05 Å². The molecule has 7 heteroatoms. The Labute approximate surface area is 105 Å². The van der Waals surface area contributed by atoms with Crippen molar-refractivity contribution >= 4 is 11.7 Å². The number of imidazole rings is 1. The lowest BCUT2D eigenvalue weighted by Crippen LogP contribution is -2.31. The predicted molar refractivity (Wildman–Crippen MR) is 67.0 cm³/mol. The van der Waals surface area contributed by atoms with Gasteiger partial charge in [0.2, 0.25) is 0 Å². The zero-order valence-electron chi connectivity index (χ0n) is 10.6. The Morgan fingerprint density at radius 1 is 1.56 bits per heavy atom. The Kier molecular flexibility index (Phi) is 3.31. The highest BCUT2D eigenvalue weighted by Gasteiger charge is 2.11. The first-order valence-electron chi connectivity index (χ1n) is 5.56. The molecule has 2 aromatic heterocycles. The molecule has 0 atom stereocenters. The van der Waals surface area contributed by atoms with Crippen LogP contribution in [0.5, 0.6) is 0 Å². The Balaban J connectivity index is 1.92. The molecule has 2 heterocycles. The fraction of sp³-hybridized carbons (Fsp3) is 0.364. The number of H-pyrrole nitrogens is 1. The minimum absolute atomic E-state index is 0.197. The summed E-state index contributed by atoms with van der Waals surface area (Å²) in [7, 11) is 3.51. The van der Waals surface area contributed by atoms with Gasteiger partial charge in [0.15, 0.2) is 0 Å². The van der Waals surface area contributed by atoms with Crippen LogP contribution in [-0.4, -0.2) is 37.7 Å². The summed E-state index contributed by atoms with van der Waals surface area (Å²) < 4.78 is 1.63. The lowest BCUT2D eigenvalue weighted by atomic mass is 10.5. The number of carbonyl (C=O) groups excluding carboxylic acids is 1. The van der Waals surface area contributed by atoms with E-state index in [1.54, 1.807) is 42.3 Å². The molecule has 0 aliphatic heterocycles. The summed E-state index contributed by atoms with van der Waals surface area (Å²) in [6, 6.07) is -0.197. The summed E-state index contributed by atoms with van der Waals surface area (Å²) in [4.78, 5) is 20.7. The predicted octanol–water partition coefficient (Wildman–Crippen LogP) is 1.12. The van der Waals surface area contributed by atoms with Crippen molar-refractivity contribution in [3.8, 4) is 0 Å². The number of aromatic amines is 1. The number of hydrogen-bond donors (Lipinski definition) is 2. The van der Waals surface area contributed by atoms with Crippen molar-refractivity contribution in [2.45, 2.75) is 13.5 Å². The molecule has 18 heavy (non-hydrogen) atoms. The summed E-state index contributed by atoms with van der Waals surface area (Å²) >= 11 is 0. The largest absolute Gasteiger partial charge is 0.345 e. The second-order valence-electron chi connectivity index (χ2n) is 4.20. The maximum Gasteiger partial charge on any atom is 0.322 e. The Bertz CT molecular complexity index is 543. The molecule has 0 saturated heterocycles. The highest BCUT2D eigenvalue weighted by Crippen LogP contribution is 2.06. The number of aryl methyl sites for hydroxylation is 2. The third-order valence-electron chi connectivity index (χ3n) is 2.45. The molecule has 0 aliphatic rings. The van der Waals surface area contributed by atoms with Crippen LogP contribution in [0.2, 0.25) is 0 Å². The van der Waals surface area contributed by atoms with Gasteiger partial charge in [-0.3, -0.25) is 4.68 Å². The molecule has 0 radical (unpaired) electrons. The smallest absolute Gasteiger partial charge is 0.322 e. The van der Waals surface area contributed by atoms with E-state index in [1.165, 1.54) is 0 Å². The third kappa shape index (κ3) is 2.88. The molecular formula is C11H16N6O. The molecule has 0 aliphatic carbocycles. The minimum Gasteiger partial charge on any atom is -0.345 e. The van der Waals surface area contributed by atoms with Gasteiger partial charge >= 0.3 is 6.03 Å². The zero-order valence-corrected chi connectivity index (χ0v) is 10.6. The molecule has 2 amide bonds. The lowest BCUT2D eigenvalue weighted by Gasteiger charge is -2.15. The first kappa shape index (κ1) is 12.2. The van der Waals surface area contributed by atoms with Gasteiger partial charge in [-0.15, -0.1) is 0 Å². The quantitative estimate of drug-likeness (QED) is 0.854. The van der Waals surface area contributed by atoms with Gasteiger partial charge in [-0.2, -0.15) is 5.10 Å². The highest BCUT2D eigenvalue weighted by molar-refractivity contribution is 5.88. The second-order valence-corrected chi connectivity index (χ2v) is 4.20. The van der Waals surface area contributed by atoms with Crippen LogP contribution in [-0.2, 0) is 13.6 Å². The number of amides is 2. The van der Waals surface area contributed by atoms with Crippen molar-refractivity contribution in [3.05, 3.63) is 30.1 Å². The number of hydrogen-bond acceptors (Lipinski definition) is 3. The Morgan fingerprint density at radius 2 is 2.33 bits per heavy atom. The Hall–Kier alpha value is -2.31. The molecule has 0 spiro atoms. The van der Waals surface area contributed by atoms with Crippen molar-refractivity contribution in [1.82, 2.24) is 24.6 Å². The fourth-order valence-corrected chi connectivity index (χ4v) is 1.55. The van der Waals surface area contributed by atoms with Crippen LogP contribution < -0.4 is 5.32 Å². The molecule has 7 nitrogen and oxygen atoms in total. The van der Waals surface area contributed by atoms with E-state index in [1.807, 2.05) is 6.92 Å². The Morgan fingerprint density at radius 3 is 2.89 bits per heavy atom. The van der Waals surface area contributed by atoms with E-state index in [0.29, 0.717) is 12.2 Å². The van der Waals surface area contributed by atoms with E-state index in [0.717, 1.165) is 11.5 Å². The van der Waals surface area contributed by atoms with Crippen LogP contribution in [0, 0.1) is 6.92 Å². The normalized spacial score (nSPS) is 10.4. The molecular weight excluding hydrogens is 232 g/mol. The summed E-state index contributed by atoms with van der Waals surface area (Å²) in [5.41, 5.74) is 1.65. The van der Waals surface area contributed by atoms with E-state index < -0.39 is 0 Å². The molecule has 2 rings (SSSR count). The topological polar surface area (TPSA) is 78.8 Å². The van der Waals surface area contributed by atoms with Crippen molar-refractivity contribution in [2.75, 3.05) is 12.4 Å². The molecule has 0 fully saturated rings. The summed E-state index contributed by atoms with van der Waals surface area (Å²) in [5.74, 6) is 0.760. The summed E-state index contributed by atoms with van der Waals surface area (Å²) in [5, 5.41) is 6.73. The number of carbonyl (C=O) groups is 1. The van der Waals surface area contributed by atoms with Gasteiger partial charge in [0, 0.05) is 32.2 Å². The van der Waals surface area contributed by atoms with Crippen LogP contribution >= 0.6 is 0 Å². The average molecular weight is 248 g/mol. The lowest BCUT2D eigenvalue weighted by molar-refractivity contribution is 0.219. The number of anilines is 1. The van der Waals surface area contributed by atoms with Gasteiger partial charge < -0.3 is 15.2 Å². The molecule has 0 saturated carbocycles. The molecule has 0 bridgehead atoms. The maximum absolute atomic E-state index is 11.9. The second kappa shape index (κ2) is 4.91. The minimum atomic E-state index is -0.197. The number of urea groups is 1. The third-order valence-corrected chi connectivity index (χ3v) is 2.45. The SMILES string of the molecule is Cc1cnc(CN(C)C(=O)Nc2cnn(C)c2)[nH]1. The number of nitrogens with zero attached hydrogens (tertiary/aromatic N) is 4. The van der Waals surface area contributed by atoms with Crippen molar-refractivity contribution in [1.29, 1.82) is 0 Å². The van der Waals surface area contributed by atoms with E-state index in [9.17, 15) is 4.79 Å². The van der Waals surface area contributed by atoms with E-state index >= 15 is 0 Å². The fourth-order valence-electron chi connectivity index (χ4n) is 1.55. The zero-order chi connectivity index (χ0) is 13.1. The monoisotopic (exact) mass is 248 g/mol. The molecule has 2 aromatic rings. The van der Waals surface area contributed by atoms with E-state index in [4.69, 9.17) is 0 Å². The van der Waals surface area contributed by atoms with Gasteiger partial charge in [0.05, 0.1) is 18.4 Å². The average Bonchev–Trinajstić information content (AvgIpc) is 2.88. The van der Waals surface area contributed by atoms with Crippen LogP contribution in [0.3, 0.4) is 0 Å². The number of rotatable bonds is 3. The molecule has 2 N–H and O–H groups in total. The van der Waals surface area contributed by atoms with Gasteiger partial charge in [0.1, 0.15) is 5.82 Å². The van der Waals surface area contributed by atoms with Crippen LogP contribution in [0.1, 0.15) is 11.5 Å². The first-order valence-corrected chi connectivity index (χ1v) is 5.56. The van der Waals surface area contributed by atoms with Gasteiger partial charge in [-0.1, -0.05) is 0 Å². The maximum atomic E-state index is 11.9. The summed E-state index contributed by atoms with van der Waals surface area (Å²) in [6.07, 6.45) is 5.08. The van der Waals surface area contributed by atoms with Gasteiger partial charge in [-0.25, -0.2) is 9.78 Å². The van der Waals surface area contributed by atoms with Gasteiger partial charge in [0.25, 0.3) is 0 Å². The van der Waals surface area contributed by atoms with Crippen LogP contribution in [0.15, 0.2) is 18.6 Å². The van der Waals surface area contributed by atoms with Crippen LogP contribution in [0.4, 0.5) is 10.5 Å². The van der Waals surface area contributed by atoms with Crippen molar-refractivity contribution in [3.63, 3.8) is 0 Å². The highest BCUT2D eigenvalue weighted by atomic mass is 16.2. The molecule has 96 valence electrons. The molecule has 0 aromatic carbocycles. The van der Waals surface area contributed by atoms with Crippen molar-refractivity contribution < 1.29 is 4.79 Å². The molecule has 0 unspecified atom stereocenters. The van der Waals surface area contributed by atoms with E-state index in [-0.39, 0.29) is 6.03 Å².